The fourth-order valence-corrected chi connectivity index (χ4v) is 7.29. The molecule has 2 heteroatoms. The number of hydrogen-bond acceptors (Lipinski definition) is 1. The molecule has 0 radical (unpaired) electrons. The quantitative estimate of drug-likeness (QED) is 0.155. The fourth-order valence-electron chi connectivity index (χ4n) is 7.29. The van der Waals surface area contributed by atoms with Crippen molar-refractivity contribution >= 4 is 44.3 Å². The number of para-hydroxylation sites is 2. The molecule has 0 N–H and O–H groups in total. The third kappa shape index (κ3) is 6.19. The average molecular weight is 657 g/mol. The maximum Gasteiger partial charge on any atom is 0.0541 e. The molecule has 2 aliphatic rings. The van der Waals surface area contributed by atoms with Gasteiger partial charge in [-0.05, 0) is 107 Å². The molecular formula is C49H40N2. The van der Waals surface area contributed by atoms with Gasteiger partial charge in [0.1, 0.15) is 0 Å². The second-order valence-corrected chi connectivity index (χ2v) is 12.6. The first-order chi connectivity index (χ1) is 25.3. The van der Waals surface area contributed by atoms with E-state index in [1.165, 1.54) is 61.0 Å². The van der Waals surface area contributed by atoms with E-state index in [1.807, 2.05) is 26.0 Å². The van der Waals surface area contributed by atoms with Gasteiger partial charge in [-0.2, -0.15) is 0 Å². The Bertz CT molecular complexity index is 2430. The number of nitrogens with zero attached hydrogens (tertiary/aromatic N) is 2. The van der Waals surface area contributed by atoms with Crippen LogP contribution in [0.2, 0.25) is 0 Å². The molecule has 0 unspecified atom stereocenters. The zero-order valence-electron chi connectivity index (χ0n) is 29.1. The van der Waals surface area contributed by atoms with Gasteiger partial charge in [-0.15, -0.1) is 5.73 Å². The van der Waals surface area contributed by atoms with Crippen molar-refractivity contribution in [2.75, 3.05) is 4.90 Å². The molecule has 7 aromatic rings. The number of hydrogen-bond donors (Lipinski definition) is 0. The lowest BCUT2D eigenvalue weighted by Gasteiger charge is -2.30. The van der Waals surface area contributed by atoms with E-state index in [0.717, 1.165) is 29.8 Å². The molecule has 0 atom stereocenters. The van der Waals surface area contributed by atoms with Crippen molar-refractivity contribution in [2.45, 2.75) is 26.7 Å². The zero-order chi connectivity index (χ0) is 34.6. The first-order valence-corrected chi connectivity index (χ1v) is 18.0. The van der Waals surface area contributed by atoms with Crippen LogP contribution in [0.25, 0.3) is 49.8 Å². The number of anilines is 2. The first kappa shape index (κ1) is 31.9. The summed E-state index contributed by atoms with van der Waals surface area (Å²) in [5.41, 5.74) is 17.9. The zero-order valence-corrected chi connectivity index (χ0v) is 29.1. The number of rotatable bonds is 7. The van der Waals surface area contributed by atoms with Crippen molar-refractivity contribution in [3.8, 4) is 16.8 Å². The van der Waals surface area contributed by atoms with Gasteiger partial charge >= 0.3 is 0 Å². The van der Waals surface area contributed by atoms with Crippen LogP contribution in [0.15, 0.2) is 193 Å². The molecule has 2 nitrogen and oxygen atoms in total. The van der Waals surface area contributed by atoms with Crippen molar-refractivity contribution in [1.29, 1.82) is 0 Å². The Labute approximate surface area is 300 Å². The molecule has 51 heavy (non-hydrogen) atoms. The van der Waals surface area contributed by atoms with Crippen LogP contribution >= 0.6 is 0 Å². The Kier molecular flexibility index (Phi) is 8.92. The molecule has 6 aromatic carbocycles. The predicted octanol–water partition coefficient (Wildman–Crippen LogP) is 13.5. The van der Waals surface area contributed by atoms with E-state index >= 15 is 0 Å². The van der Waals surface area contributed by atoms with Gasteiger partial charge in [0.15, 0.2) is 0 Å². The van der Waals surface area contributed by atoms with Gasteiger partial charge in [0.25, 0.3) is 0 Å². The van der Waals surface area contributed by atoms with Gasteiger partial charge in [0.2, 0.25) is 0 Å². The number of aromatic nitrogens is 1. The minimum absolute atomic E-state index is 0.963. The molecule has 0 saturated carbocycles. The summed E-state index contributed by atoms with van der Waals surface area (Å²) in [6.07, 6.45) is 12.7. The van der Waals surface area contributed by atoms with Crippen LogP contribution in [0.3, 0.4) is 0 Å². The molecular weight excluding hydrogens is 617 g/mol. The van der Waals surface area contributed by atoms with E-state index in [-0.39, 0.29) is 0 Å². The standard InChI is InChI=1S/C47H34N2.C2H6/c1-2-10-34(11-3-1)36-18-26-40(27-19-36)48(41-28-20-37(21-29-41)35-12-4-5-13-35)42-30-22-38(23-31-42)39-24-32-43(33-25-39)49-46-16-8-6-14-44(46)45-15-7-9-17-47(45)49;1-2/h1-12,14-18,20-26,28-33H,19,27H2;1-2H3. The molecule has 0 fully saturated rings. The van der Waals surface area contributed by atoms with Crippen LogP contribution in [-0.4, -0.2) is 4.57 Å². The summed E-state index contributed by atoms with van der Waals surface area (Å²) in [5, 5.41) is 2.56. The Morgan fingerprint density at radius 1 is 0.510 bits per heavy atom. The van der Waals surface area contributed by atoms with Crippen LogP contribution in [-0.2, 0) is 0 Å². The SMILES string of the molecule is C1=CC=CC=1c1ccc(N(C2=CC=C(c3ccccc3)CC2)c2ccc(-c3ccc(-n4c5ccccc5c5ccccc54)cc3)cc2)cc1.CC. The normalized spacial score (nSPS) is 13.4. The highest BCUT2D eigenvalue weighted by atomic mass is 15.1. The summed E-state index contributed by atoms with van der Waals surface area (Å²) in [7, 11) is 0. The highest BCUT2D eigenvalue weighted by Gasteiger charge is 2.19. The third-order valence-corrected chi connectivity index (χ3v) is 9.76. The highest BCUT2D eigenvalue weighted by molar-refractivity contribution is 6.09. The smallest absolute Gasteiger partial charge is 0.0541 e. The summed E-state index contributed by atoms with van der Waals surface area (Å²) < 4.78 is 2.37. The molecule has 9 rings (SSSR count). The van der Waals surface area contributed by atoms with Crippen LogP contribution in [0.4, 0.5) is 11.4 Å². The molecule has 2 aliphatic carbocycles. The summed E-state index contributed by atoms with van der Waals surface area (Å²) in [5.74, 6) is 0. The summed E-state index contributed by atoms with van der Waals surface area (Å²) >= 11 is 0. The van der Waals surface area contributed by atoms with Gasteiger partial charge in [-0.1, -0.05) is 129 Å². The van der Waals surface area contributed by atoms with E-state index in [2.05, 4.69) is 185 Å². The Hall–Kier alpha value is -6.34. The minimum Gasteiger partial charge on any atom is -0.314 e. The van der Waals surface area contributed by atoms with Crippen LogP contribution in [0, 0.1) is 0 Å². The second kappa shape index (κ2) is 14.3. The number of fused-ring (bicyclic) bond motifs is 3. The molecule has 0 saturated heterocycles. The van der Waals surface area contributed by atoms with Crippen LogP contribution in [0.5, 0.6) is 0 Å². The van der Waals surface area contributed by atoms with Gasteiger partial charge in [-0.3, -0.25) is 0 Å². The maximum atomic E-state index is 3.33. The number of allylic oxidation sites excluding steroid dienone is 7. The van der Waals surface area contributed by atoms with Gasteiger partial charge in [0, 0.05) is 39.1 Å². The summed E-state index contributed by atoms with van der Waals surface area (Å²) in [6, 6.07) is 54.9. The van der Waals surface area contributed by atoms with Gasteiger partial charge < -0.3 is 9.47 Å². The molecule has 0 amide bonds. The lowest BCUT2D eigenvalue weighted by Crippen LogP contribution is -2.17. The Morgan fingerprint density at radius 2 is 1.06 bits per heavy atom. The summed E-state index contributed by atoms with van der Waals surface area (Å²) in [4.78, 5) is 2.41. The Balaban J connectivity index is 0.00000184. The summed E-state index contributed by atoms with van der Waals surface area (Å²) in [6.45, 7) is 4.00. The van der Waals surface area contributed by atoms with Crippen LogP contribution < -0.4 is 4.90 Å². The molecule has 1 aromatic heterocycles. The van der Waals surface area contributed by atoms with Crippen molar-refractivity contribution in [3.05, 3.63) is 205 Å². The second-order valence-electron chi connectivity index (χ2n) is 12.6. The monoisotopic (exact) mass is 656 g/mol. The molecule has 1 heterocycles. The minimum atomic E-state index is 0.963. The van der Waals surface area contributed by atoms with E-state index in [4.69, 9.17) is 0 Å². The van der Waals surface area contributed by atoms with Crippen molar-refractivity contribution in [3.63, 3.8) is 0 Å². The first-order valence-electron chi connectivity index (χ1n) is 18.0. The van der Waals surface area contributed by atoms with Crippen LogP contribution in [0.1, 0.15) is 37.8 Å². The fraction of sp³-hybridized carbons (Fsp3) is 0.0816. The van der Waals surface area contributed by atoms with E-state index in [9.17, 15) is 0 Å². The van der Waals surface area contributed by atoms with Gasteiger partial charge in [0.05, 0.1) is 11.0 Å². The highest BCUT2D eigenvalue weighted by Crippen LogP contribution is 2.38. The average Bonchev–Trinajstić information content (AvgIpc) is 3.88. The van der Waals surface area contributed by atoms with E-state index < -0.39 is 0 Å². The largest absolute Gasteiger partial charge is 0.314 e. The lowest BCUT2D eigenvalue weighted by molar-refractivity contribution is 0.930. The van der Waals surface area contributed by atoms with Crippen molar-refractivity contribution < 1.29 is 0 Å². The van der Waals surface area contributed by atoms with Gasteiger partial charge in [-0.25, -0.2) is 0 Å². The topological polar surface area (TPSA) is 8.17 Å². The maximum absolute atomic E-state index is 3.33. The number of benzene rings is 6. The molecule has 0 aliphatic heterocycles. The third-order valence-electron chi connectivity index (χ3n) is 9.76. The molecule has 0 bridgehead atoms. The van der Waals surface area contributed by atoms with Crippen molar-refractivity contribution in [2.24, 2.45) is 0 Å². The molecule has 246 valence electrons. The van der Waals surface area contributed by atoms with E-state index in [0.29, 0.717) is 0 Å². The predicted molar refractivity (Wildman–Crippen MR) is 219 cm³/mol. The lowest BCUT2D eigenvalue weighted by atomic mass is 9.95. The van der Waals surface area contributed by atoms with Crippen molar-refractivity contribution in [1.82, 2.24) is 4.57 Å². The van der Waals surface area contributed by atoms with E-state index in [1.54, 1.807) is 0 Å². The molecule has 0 spiro atoms. The Morgan fingerprint density at radius 3 is 1.61 bits per heavy atom.